The van der Waals surface area contributed by atoms with Gasteiger partial charge < -0.3 is 20.3 Å². The van der Waals surface area contributed by atoms with Crippen molar-refractivity contribution >= 4 is 45.6 Å². The Kier molecular flexibility index (Phi) is 7.74. The van der Waals surface area contributed by atoms with Gasteiger partial charge in [0.2, 0.25) is 5.91 Å². The molecule has 0 aliphatic heterocycles. The summed E-state index contributed by atoms with van der Waals surface area (Å²) in [5.41, 5.74) is 2.81. The SMILES string of the molecule is CN(C)CCC(=O)Nc1ccc2ncnc(Nc3ccc(OCc4cccc(F)c4)c(Cl)c3)c2c1. The third-order valence-electron chi connectivity index (χ3n) is 5.18. The Bertz CT molecular complexity index is 1350. The largest absolute Gasteiger partial charge is 0.487 e. The van der Waals surface area contributed by atoms with E-state index in [0.29, 0.717) is 46.5 Å². The Labute approximate surface area is 207 Å². The Morgan fingerprint density at radius 1 is 1.06 bits per heavy atom. The number of amides is 1. The summed E-state index contributed by atoms with van der Waals surface area (Å²) in [6.45, 7) is 0.863. The van der Waals surface area contributed by atoms with Gasteiger partial charge in [0, 0.05) is 29.7 Å². The maximum absolute atomic E-state index is 13.4. The first-order valence-corrected chi connectivity index (χ1v) is 11.4. The molecule has 9 heteroatoms. The molecule has 180 valence electrons. The molecule has 0 aliphatic carbocycles. The third kappa shape index (κ3) is 6.65. The van der Waals surface area contributed by atoms with E-state index >= 15 is 0 Å². The second kappa shape index (κ2) is 11.1. The molecule has 3 aromatic carbocycles. The normalized spacial score (nSPS) is 11.0. The molecule has 0 unspecified atom stereocenters. The average molecular weight is 494 g/mol. The number of anilines is 3. The second-order valence-electron chi connectivity index (χ2n) is 8.24. The lowest BCUT2D eigenvalue weighted by Crippen LogP contribution is -2.20. The lowest BCUT2D eigenvalue weighted by atomic mass is 10.2. The Hall–Kier alpha value is -3.75. The highest BCUT2D eigenvalue weighted by atomic mass is 35.5. The highest BCUT2D eigenvalue weighted by Crippen LogP contribution is 2.31. The number of benzene rings is 3. The van der Waals surface area contributed by atoms with Crippen molar-refractivity contribution in [1.29, 1.82) is 0 Å². The van der Waals surface area contributed by atoms with Crippen LogP contribution < -0.4 is 15.4 Å². The maximum Gasteiger partial charge on any atom is 0.225 e. The van der Waals surface area contributed by atoms with E-state index < -0.39 is 0 Å². The van der Waals surface area contributed by atoms with Gasteiger partial charge in [-0.2, -0.15) is 0 Å². The Balaban J connectivity index is 1.48. The summed E-state index contributed by atoms with van der Waals surface area (Å²) >= 11 is 6.42. The predicted octanol–water partition coefficient (Wildman–Crippen LogP) is 5.64. The summed E-state index contributed by atoms with van der Waals surface area (Å²) in [7, 11) is 3.85. The van der Waals surface area contributed by atoms with Crippen molar-refractivity contribution < 1.29 is 13.9 Å². The van der Waals surface area contributed by atoms with Crippen LogP contribution in [0, 0.1) is 5.82 Å². The molecule has 4 aromatic rings. The highest BCUT2D eigenvalue weighted by molar-refractivity contribution is 6.32. The molecule has 0 aliphatic rings. The van der Waals surface area contributed by atoms with E-state index in [2.05, 4.69) is 20.6 Å². The quantitative estimate of drug-likeness (QED) is 0.314. The number of fused-ring (bicyclic) bond motifs is 1. The fraction of sp³-hybridized carbons (Fsp3) is 0.192. The number of hydrogen-bond acceptors (Lipinski definition) is 6. The number of ether oxygens (including phenoxy) is 1. The first-order valence-electron chi connectivity index (χ1n) is 11.0. The van der Waals surface area contributed by atoms with Crippen LogP contribution in [0.15, 0.2) is 67.0 Å². The van der Waals surface area contributed by atoms with Gasteiger partial charge in [-0.1, -0.05) is 23.7 Å². The van der Waals surface area contributed by atoms with Crippen LogP contribution in [0.25, 0.3) is 10.9 Å². The maximum atomic E-state index is 13.4. The zero-order chi connectivity index (χ0) is 24.8. The second-order valence-corrected chi connectivity index (χ2v) is 8.65. The minimum absolute atomic E-state index is 0.0648. The number of halogens is 2. The fourth-order valence-corrected chi connectivity index (χ4v) is 3.64. The number of nitrogens with zero attached hydrogens (tertiary/aromatic N) is 3. The van der Waals surface area contributed by atoms with Gasteiger partial charge in [-0.25, -0.2) is 14.4 Å². The topological polar surface area (TPSA) is 79.4 Å². The van der Waals surface area contributed by atoms with Crippen molar-refractivity contribution in [3.63, 3.8) is 0 Å². The van der Waals surface area contributed by atoms with Gasteiger partial charge in [0.05, 0.1) is 10.5 Å². The van der Waals surface area contributed by atoms with E-state index in [-0.39, 0.29) is 18.3 Å². The van der Waals surface area contributed by atoms with Crippen LogP contribution in [-0.2, 0) is 11.4 Å². The summed E-state index contributed by atoms with van der Waals surface area (Å²) < 4.78 is 19.1. The Morgan fingerprint density at radius 3 is 2.66 bits per heavy atom. The van der Waals surface area contributed by atoms with E-state index in [1.54, 1.807) is 24.3 Å². The summed E-state index contributed by atoms with van der Waals surface area (Å²) in [6, 6.07) is 17.0. The molecule has 0 saturated carbocycles. The fourth-order valence-electron chi connectivity index (χ4n) is 3.40. The van der Waals surface area contributed by atoms with Crippen molar-refractivity contribution in [3.8, 4) is 5.75 Å². The molecule has 7 nitrogen and oxygen atoms in total. The molecule has 0 saturated heterocycles. The zero-order valence-electron chi connectivity index (χ0n) is 19.4. The highest BCUT2D eigenvalue weighted by Gasteiger charge is 2.10. The van der Waals surface area contributed by atoms with Gasteiger partial charge >= 0.3 is 0 Å². The molecule has 2 N–H and O–H groups in total. The summed E-state index contributed by atoms with van der Waals surface area (Å²) in [6.07, 6.45) is 1.87. The van der Waals surface area contributed by atoms with Gasteiger partial charge in [0.25, 0.3) is 0 Å². The molecule has 0 radical (unpaired) electrons. The number of rotatable bonds is 9. The molecule has 0 spiro atoms. The third-order valence-corrected chi connectivity index (χ3v) is 5.48. The van der Waals surface area contributed by atoms with Crippen molar-refractivity contribution in [2.24, 2.45) is 0 Å². The van der Waals surface area contributed by atoms with Gasteiger partial charge in [-0.05, 0) is 68.2 Å². The zero-order valence-corrected chi connectivity index (χ0v) is 20.1. The number of aromatic nitrogens is 2. The first kappa shape index (κ1) is 24.4. The molecule has 1 aromatic heterocycles. The average Bonchev–Trinajstić information content (AvgIpc) is 2.83. The van der Waals surface area contributed by atoms with Crippen LogP contribution >= 0.6 is 11.6 Å². The van der Waals surface area contributed by atoms with Gasteiger partial charge in [0.15, 0.2) is 0 Å². The molecule has 0 fully saturated rings. The van der Waals surface area contributed by atoms with Crippen molar-refractivity contribution in [3.05, 3.63) is 83.4 Å². The van der Waals surface area contributed by atoms with Crippen molar-refractivity contribution in [2.75, 3.05) is 31.3 Å². The number of carbonyl (C=O) groups excluding carboxylic acids is 1. The van der Waals surface area contributed by atoms with E-state index in [1.165, 1.54) is 18.5 Å². The first-order chi connectivity index (χ1) is 16.9. The molecule has 0 atom stereocenters. The molecule has 1 amide bonds. The van der Waals surface area contributed by atoms with Crippen LogP contribution in [0.2, 0.25) is 5.02 Å². The Morgan fingerprint density at radius 2 is 1.89 bits per heavy atom. The monoisotopic (exact) mass is 493 g/mol. The van der Waals surface area contributed by atoms with Crippen molar-refractivity contribution in [2.45, 2.75) is 13.0 Å². The van der Waals surface area contributed by atoms with Crippen molar-refractivity contribution in [1.82, 2.24) is 14.9 Å². The lowest BCUT2D eigenvalue weighted by molar-refractivity contribution is -0.116. The standard InChI is InChI=1S/C26H25ClFN5O2/c1-33(2)11-10-25(34)31-19-6-8-23-21(13-19)26(30-16-29-23)32-20-7-9-24(22(27)14-20)35-15-17-4-3-5-18(28)12-17/h3-9,12-14,16H,10-11,15H2,1-2H3,(H,31,34)(H,29,30,32). The number of hydrogen-bond donors (Lipinski definition) is 2. The van der Waals surface area contributed by atoms with E-state index in [1.807, 2.05) is 43.3 Å². The molecule has 35 heavy (non-hydrogen) atoms. The molecular formula is C26H25ClFN5O2. The van der Waals surface area contributed by atoms with E-state index in [4.69, 9.17) is 16.3 Å². The van der Waals surface area contributed by atoms with Gasteiger partial charge in [-0.15, -0.1) is 0 Å². The smallest absolute Gasteiger partial charge is 0.225 e. The van der Waals surface area contributed by atoms with E-state index in [0.717, 1.165) is 10.9 Å². The summed E-state index contributed by atoms with van der Waals surface area (Å²) in [4.78, 5) is 22.9. The minimum Gasteiger partial charge on any atom is -0.487 e. The van der Waals surface area contributed by atoms with Crippen LogP contribution in [-0.4, -0.2) is 41.4 Å². The predicted molar refractivity (Wildman–Crippen MR) is 137 cm³/mol. The van der Waals surface area contributed by atoms with Gasteiger partial charge in [-0.3, -0.25) is 4.79 Å². The van der Waals surface area contributed by atoms with Crippen LogP contribution in [0.5, 0.6) is 5.75 Å². The summed E-state index contributed by atoms with van der Waals surface area (Å²) in [5.74, 6) is 0.677. The van der Waals surface area contributed by atoms with E-state index in [9.17, 15) is 9.18 Å². The minimum atomic E-state index is -0.315. The molecule has 0 bridgehead atoms. The molecule has 1 heterocycles. The molecular weight excluding hydrogens is 469 g/mol. The molecule has 4 rings (SSSR count). The van der Waals surface area contributed by atoms with Crippen LogP contribution in [0.1, 0.15) is 12.0 Å². The number of carbonyl (C=O) groups is 1. The lowest BCUT2D eigenvalue weighted by Gasteiger charge is -2.13. The number of nitrogens with one attached hydrogen (secondary N) is 2. The van der Waals surface area contributed by atoms with Crippen LogP contribution in [0.4, 0.5) is 21.6 Å². The van der Waals surface area contributed by atoms with Crippen LogP contribution in [0.3, 0.4) is 0 Å². The van der Waals surface area contributed by atoms with Gasteiger partial charge in [0.1, 0.15) is 30.3 Å². The summed E-state index contributed by atoms with van der Waals surface area (Å²) in [5, 5.41) is 7.33.